The van der Waals surface area contributed by atoms with Crippen molar-refractivity contribution in [3.8, 4) is 0 Å². The summed E-state index contributed by atoms with van der Waals surface area (Å²) in [6, 6.07) is 3.25. The normalized spacial score (nSPS) is 18.1. The van der Waals surface area contributed by atoms with E-state index in [1.54, 1.807) is 19.1 Å². The van der Waals surface area contributed by atoms with Crippen LogP contribution in [0, 0.1) is 16.0 Å². The van der Waals surface area contributed by atoms with E-state index in [-0.39, 0.29) is 23.1 Å². The quantitative estimate of drug-likeness (QED) is 0.477. The lowest BCUT2D eigenvalue weighted by atomic mass is 9.97. The molecule has 1 aromatic heterocycles. The molecular weight excluding hydrogens is 304 g/mol. The van der Waals surface area contributed by atoms with Gasteiger partial charge in [-0.2, -0.15) is 0 Å². The molecule has 2 aromatic rings. The standard InChI is InChI=1S/C14H16N4O5/c1-2-22-14(19)9-4-3-7-17(8-9)11-6-5-10-12(16-23-15-10)13(11)18(20)21/h5-6,9H,2-4,7-8H2,1H3. The average Bonchev–Trinajstić information content (AvgIpc) is 3.02. The van der Waals surface area contributed by atoms with Crippen LogP contribution in [0.3, 0.4) is 0 Å². The van der Waals surface area contributed by atoms with Crippen molar-refractivity contribution in [2.24, 2.45) is 5.92 Å². The van der Waals surface area contributed by atoms with Crippen LogP contribution in [0.2, 0.25) is 0 Å². The molecule has 3 rings (SSSR count). The van der Waals surface area contributed by atoms with Crippen LogP contribution in [0.5, 0.6) is 0 Å². The second-order valence-electron chi connectivity index (χ2n) is 5.36. The molecule has 1 unspecified atom stereocenters. The summed E-state index contributed by atoms with van der Waals surface area (Å²) >= 11 is 0. The number of aromatic nitrogens is 2. The number of rotatable bonds is 4. The van der Waals surface area contributed by atoms with Gasteiger partial charge in [0.25, 0.3) is 0 Å². The molecule has 23 heavy (non-hydrogen) atoms. The number of ether oxygens (including phenoxy) is 1. The van der Waals surface area contributed by atoms with Crippen LogP contribution in [-0.2, 0) is 9.53 Å². The maximum Gasteiger partial charge on any atom is 0.323 e. The maximum absolute atomic E-state index is 11.9. The Morgan fingerprint density at radius 2 is 2.35 bits per heavy atom. The molecule has 1 aliphatic heterocycles. The van der Waals surface area contributed by atoms with E-state index >= 15 is 0 Å². The number of piperidine rings is 1. The average molecular weight is 320 g/mol. The highest BCUT2D eigenvalue weighted by Crippen LogP contribution is 2.36. The summed E-state index contributed by atoms with van der Waals surface area (Å²) in [5.74, 6) is -0.543. The summed E-state index contributed by atoms with van der Waals surface area (Å²) in [7, 11) is 0. The molecule has 0 spiro atoms. The van der Waals surface area contributed by atoms with E-state index < -0.39 is 4.92 Å². The molecule has 2 heterocycles. The number of nitrogens with zero attached hydrogens (tertiary/aromatic N) is 4. The molecule has 1 aliphatic rings. The third kappa shape index (κ3) is 2.81. The molecule has 1 atom stereocenters. The van der Waals surface area contributed by atoms with E-state index in [1.807, 2.05) is 4.90 Å². The van der Waals surface area contributed by atoms with Gasteiger partial charge in [-0.1, -0.05) is 0 Å². The zero-order valence-corrected chi connectivity index (χ0v) is 12.6. The van der Waals surface area contributed by atoms with Crippen LogP contribution < -0.4 is 4.90 Å². The largest absolute Gasteiger partial charge is 0.466 e. The van der Waals surface area contributed by atoms with Crippen molar-refractivity contribution >= 4 is 28.4 Å². The molecule has 1 saturated heterocycles. The van der Waals surface area contributed by atoms with Gasteiger partial charge in [-0.15, -0.1) is 0 Å². The number of anilines is 1. The van der Waals surface area contributed by atoms with Gasteiger partial charge in [-0.05, 0) is 42.2 Å². The van der Waals surface area contributed by atoms with Gasteiger partial charge in [-0.3, -0.25) is 14.9 Å². The summed E-state index contributed by atoms with van der Waals surface area (Å²) in [4.78, 5) is 24.8. The zero-order chi connectivity index (χ0) is 16.4. The van der Waals surface area contributed by atoms with E-state index in [1.165, 1.54) is 0 Å². The molecule has 0 radical (unpaired) electrons. The molecule has 9 heteroatoms. The highest BCUT2D eigenvalue weighted by atomic mass is 16.6. The van der Waals surface area contributed by atoms with Crippen LogP contribution in [0.15, 0.2) is 16.8 Å². The molecule has 122 valence electrons. The Morgan fingerprint density at radius 3 is 3.09 bits per heavy atom. The molecule has 1 aromatic carbocycles. The van der Waals surface area contributed by atoms with Crippen molar-refractivity contribution in [1.29, 1.82) is 0 Å². The minimum Gasteiger partial charge on any atom is -0.466 e. The number of benzene rings is 1. The summed E-state index contributed by atoms with van der Waals surface area (Å²) in [6.07, 6.45) is 1.48. The molecule has 1 fully saturated rings. The van der Waals surface area contributed by atoms with Gasteiger partial charge in [0.05, 0.1) is 17.4 Å². The minimum atomic E-state index is -0.490. The third-order valence-corrected chi connectivity index (χ3v) is 3.94. The Morgan fingerprint density at radius 1 is 1.52 bits per heavy atom. The molecule has 0 amide bonds. The first-order valence-electron chi connectivity index (χ1n) is 7.43. The lowest BCUT2D eigenvalue weighted by molar-refractivity contribution is -0.382. The minimum absolute atomic E-state index is 0.116. The van der Waals surface area contributed by atoms with Crippen LogP contribution in [0.25, 0.3) is 11.0 Å². The van der Waals surface area contributed by atoms with Crippen molar-refractivity contribution in [3.05, 3.63) is 22.2 Å². The Labute approximate surface area is 131 Å². The van der Waals surface area contributed by atoms with Crippen molar-refractivity contribution < 1.29 is 19.1 Å². The molecule has 0 bridgehead atoms. The smallest absolute Gasteiger partial charge is 0.323 e. The first kappa shape index (κ1) is 15.2. The maximum atomic E-state index is 11.9. The number of carbonyl (C=O) groups excluding carboxylic acids is 1. The number of hydrogen-bond acceptors (Lipinski definition) is 8. The van der Waals surface area contributed by atoms with Crippen molar-refractivity contribution in [3.63, 3.8) is 0 Å². The van der Waals surface area contributed by atoms with Crippen molar-refractivity contribution in [2.45, 2.75) is 19.8 Å². The monoisotopic (exact) mass is 320 g/mol. The fourth-order valence-electron chi connectivity index (χ4n) is 2.91. The number of fused-ring (bicyclic) bond motifs is 1. The van der Waals surface area contributed by atoms with Crippen molar-refractivity contribution in [1.82, 2.24) is 10.3 Å². The lowest BCUT2D eigenvalue weighted by Crippen LogP contribution is -2.39. The van der Waals surface area contributed by atoms with Crippen LogP contribution >= 0.6 is 0 Å². The SMILES string of the molecule is CCOC(=O)C1CCCN(c2ccc3nonc3c2[N+](=O)[O-])C1. The molecular formula is C14H16N4O5. The fraction of sp³-hybridized carbons (Fsp3) is 0.500. The Bertz CT molecular complexity index is 744. The van der Waals surface area contributed by atoms with Crippen LogP contribution in [-0.4, -0.2) is 40.9 Å². The number of hydrogen-bond donors (Lipinski definition) is 0. The van der Waals surface area contributed by atoms with Gasteiger partial charge in [0.15, 0.2) is 0 Å². The molecule has 9 nitrogen and oxygen atoms in total. The lowest BCUT2D eigenvalue weighted by Gasteiger charge is -2.32. The third-order valence-electron chi connectivity index (χ3n) is 3.94. The Hall–Kier alpha value is -2.71. The highest BCUT2D eigenvalue weighted by Gasteiger charge is 2.32. The Balaban J connectivity index is 1.94. The first-order chi connectivity index (χ1) is 11.1. The molecule has 0 saturated carbocycles. The summed E-state index contributed by atoms with van der Waals surface area (Å²) < 4.78 is 9.66. The molecule has 0 N–H and O–H groups in total. The second kappa shape index (κ2) is 6.19. The van der Waals surface area contributed by atoms with Crippen LogP contribution in [0.4, 0.5) is 11.4 Å². The van der Waals surface area contributed by atoms with Gasteiger partial charge in [0.1, 0.15) is 11.2 Å². The zero-order valence-electron chi connectivity index (χ0n) is 12.6. The van der Waals surface area contributed by atoms with E-state index in [0.29, 0.717) is 30.9 Å². The van der Waals surface area contributed by atoms with Gasteiger partial charge < -0.3 is 9.64 Å². The second-order valence-corrected chi connectivity index (χ2v) is 5.36. The summed E-state index contributed by atoms with van der Waals surface area (Å²) in [5.41, 5.74) is 0.727. The number of esters is 1. The fourth-order valence-corrected chi connectivity index (χ4v) is 2.91. The predicted octanol–water partition coefficient (Wildman–Crippen LogP) is 1.91. The first-order valence-corrected chi connectivity index (χ1v) is 7.43. The van der Waals surface area contributed by atoms with E-state index in [2.05, 4.69) is 14.9 Å². The van der Waals surface area contributed by atoms with Crippen LogP contribution in [0.1, 0.15) is 19.8 Å². The number of nitro groups is 1. The molecule has 0 aliphatic carbocycles. The van der Waals surface area contributed by atoms with Gasteiger partial charge in [0, 0.05) is 13.1 Å². The summed E-state index contributed by atoms with van der Waals surface area (Å²) in [5, 5.41) is 18.7. The Kier molecular flexibility index (Phi) is 4.09. The van der Waals surface area contributed by atoms with Gasteiger partial charge >= 0.3 is 11.7 Å². The van der Waals surface area contributed by atoms with Crippen molar-refractivity contribution in [2.75, 3.05) is 24.6 Å². The number of carbonyl (C=O) groups is 1. The number of nitro benzene ring substituents is 1. The van der Waals surface area contributed by atoms with Gasteiger partial charge in [-0.25, -0.2) is 4.63 Å². The van der Waals surface area contributed by atoms with E-state index in [0.717, 1.165) is 12.8 Å². The highest BCUT2D eigenvalue weighted by molar-refractivity contribution is 5.91. The van der Waals surface area contributed by atoms with E-state index in [4.69, 9.17) is 4.74 Å². The summed E-state index contributed by atoms with van der Waals surface area (Å²) in [6.45, 7) is 3.10. The topological polar surface area (TPSA) is 112 Å². The predicted molar refractivity (Wildman–Crippen MR) is 80.0 cm³/mol. The van der Waals surface area contributed by atoms with Gasteiger partial charge in [0.2, 0.25) is 5.52 Å². The van der Waals surface area contributed by atoms with E-state index in [9.17, 15) is 14.9 Å².